The molecule has 0 radical (unpaired) electrons. The van der Waals surface area contributed by atoms with Crippen LogP contribution in [0.2, 0.25) is 5.02 Å². The van der Waals surface area contributed by atoms with Gasteiger partial charge in [-0.1, -0.05) is 37.6 Å². The van der Waals surface area contributed by atoms with E-state index in [0.717, 1.165) is 0 Å². The van der Waals surface area contributed by atoms with Crippen molar-refractivity contribution in [2.24, 2.45) is 0 Å². The topological polar surface area (TPSA) is 102 Å². The van der Waals surface area contributed by atoms with Crippen LogP contribution in [-0.2, 0) is 19.6 Å². The van der Waals surface area contributed by atoms with E-state index >= 15 is 0 Å². The number of halogens is 1. The van der Waals surface area contributed by atoms with Crippen LogP contribution in [0.3, 0.4) is 0 Å². The highest BCUT2D eigenvalue weighted by Gasteiger charge is 2.27. The first-order valence-electron chi connectivity index (χ1n) is 10.6. The first-order chi connectivity index (χ1) is 15.7. The number of hydrogen-bond acceptors (Lipinski definition) is 6. The predicted molar refractivity (Wildman–Crippen MR) is 126 cm³/mol. The van der Waals surface area contributed by atoms with Crippen LogP contribution in [0.25, 0.3) is 0 Å². The Bertz CT molecular complexity index is 1090. The Balaban J connectivity index is 2.40. The quantitative estimate of drug-likeness (QED) is 0.475. The first kappa shape index (κ1) is 26.6. The molecule has 0 saturated carbocycles. The average molecular weight is 497 g/mol. The fourth-order valence-corrected chi connectivity index (χ4v) is 5.24. The molecule has 0 aliphatic carbocycles. The van der Waals surface area contributed by atoms with Crippen LogP contribution in [0, 0.1) is 0 Å². The van der Waals surface area contributed by atoms with Gasteiger partial charge in [0, 0.05) is 18.7 Å². The average Bonchev–Trinajstić information content (AvgIpc) is 2.79. The minimum atomic E-state index is -3.87. The zero-order chi connectivity index (χ0) is 24.6. The molecule has 1 unspecified atom stereocenters. The number of nitrogens with zero attached hydrogens (tertiary/aromatic N) is 1. The van der Waals surface area contributed by atoms with Crippen molar-refractivity contribution in [2.75, 3.05) is 26.8 Å². The molecule has 0 heterocycles. The summed E-state index contributed by atoms with van der Waals surface area (Å²) in [6, 6.07) is 10.3. The second-order valence-corrected chi connectivity index (χ2v) is 9.36. The van der Waals surface area contributed by atoms with Crippen molar-refractivity contribution >= 4 is 33.5 Å². The molecule has 1 amide bonds. The molecule has 2 rings (SSSR count). The van der Waals surface area contributed by atoms with E-state index in [1.807, 2.05) is 0 Å². The maximum absolute atomic E-state index is 13.1. The van der Waals surface area contributed by atoms with Gasteiger partial charge in [0.05, 0.1) is 31.2 Å². The summed E-state index contributed by atoms with van der Waals surface area (Å²) in [5.41, 5.74) is 0.739. The lowest BCUT2D eigenvalue weighted by molar-refractivity contribution is -0.143. The zero-order valence-corrected chi connectivity index (χ0v) is 20.7. The van der Waals surface area contributed by atoms with Gasteiger partial charge in [-0.2, -0.15) is 4.31 Å². The van der Waals surface area contributed by atoms with E-state index in [9.17, 15) is 18.0 Å². The third-order valence-corrected chi connectivity index (χ3v) is 7.53. The highest BCUT2D eigenvalue weighted by molar-refractivity contribution is 7.89. The summed E-state index contributed by atoms with van der Waals surface area (Å²) in [7, 11) is -2.36. The fraction of sp³-hybridized carbons (Fsp3) is 0.391. The standard InChI is InChI=1S/C23H29ClN2O6S/c1-5-26(6-2)33(29,30)21-14-17(11-12-19(21)24)23(28)25-20(15-22(27)32-7-3)16-9-8-10-18(13-16)31-4/h8-14,20H,5-7,15H2,1-4H3,(H,25,28). The maximum atomic E-state index is 13.1. The van der Waals surface area contributed by atoms with Gasteiger partial charge in [0.25, 0.3) is 5.91 Å². The molecule has 10 heteroatoms. The first-order valence-corrected chi connectivity index (χ1v) is 12.4. The summed E-state index contributed by atoms with van der Waals surface area (Å²) in [5.74, 6) is -0.471. The van der Waals surface area contributed by atoms with E-state index in [-0.39, 0.29) is 41.6 Å². The fourth-order valence-electron chi connectivity index (χ4n) is 3.28. The Labute approximate surface area is 199 Å². The molecular weight excluding hydrogens is 468 g/mol. The van der Waals surface area contributed by atoms with E-state index in [1.165, 1.54) is 29.6 Å². The highest BCUT2D eigenvalue weighted by Crippen LogP contribution is 2.27. The number of esters is 1. The SMILES string of the molecule is CCOC(=O)CC(NC(=O)c1ccc(Cl)c(S(=O)(=O)N(CC)CC)c1)c1cccc(OC)c1. The van der Waals surface area contributed by atoms with Gasteiger partial charge in [0.2, 0.25) is 10.0 Å². The minimum Gasteiger partial charge on any atom is -0.497 e. The Hall–Kier alpha value is -2.62. The Morgan fingerprint density at radius 2 is 1.79 bits per heavy atom. The summed E-state index contributed by atoms with van der Waals surface area (Å²) in [6.07, 6.45) is -0.106. The summed E-state index contributed by atoms with van der Waals surface area (Å²) in [5, 5.41) is 2.82. The number of carbonyl (C=O) groups is 2. The van der Waals surface area contributed by atoms with Crippen molar-refractivity contribution in [2.45, 2.75) is 38.1 Å². The van der Waals surface area contributed by atoms with Crippen LogP contribution >= 0.6 is 11.6 Å². The number of carbonyl (C=O) groups excluding carboxylic acids is 2. The number of ether oxygens (including phenoxy) is 2. The lowest BCUT2D eigenvalue weighted by atomic mass is 10.0. The molecule has 0 aliphatic rings. The molecule has 0 saturated heterocycles. The molecule has 0 bridgehead atoms. The van der Waals surface area contributed by atoms with Crippen LogP contribution in [0.4, 0.5) is 0 Å². The summed E-state index contributed by atoms with van der Waals surface area (Å²) in [4.78, 5) is 25.1. The van der Waals surface area contributed by atoms with Gasteiger partial charge in [-0.05, 0) is 42.8 Å². The second kappa shape index (κ2) is 12.0. The van der Waals surface area contributed by atoms with E-state index in [4.69, 9.17) is 21.1 Å². The molecule has 1 atom stereocenters. The smallest absolute Gasteiger partial charge is 0.308 e. The molecular formula is C23H29ClN2O6S. The van der Waals surface area contributed by atoms with Crippen LogP contribution in [-0.4, -0.2) is 51.4 Å². The summed E-state index contributed by atoms with van der Waals surface area (Å²) < 4.78 is 37.5. The monoisotopic (exact) mass is 496 g/mol. The van der Waals surface area contributed by atoms with E-state index in [1.54, 1.807) is 45.0 Å². The van der Waals surface area contributed by atoms with Gasteiger partial charge in [-0.15, -0.1) is 0 Å². The third-order valence-electron chi connectivity index (χ3n) is 4.99. The van der Waals surface area contributed by atoms with Crippen LogP contribution in [0.1, 0.15) is 49.2 Å². The van der Waals surface area contributed by atoms with Gasteiger partial charge in [-0.25, -0.2) is 8.42 Å². The van der Waals surface area contributed by atoms with E-state index in [2.05, 4.69) is 5.32 Å². The molecule has 8 nitrogen and oxygen atoms in total. The highest BCUT2D eigenvalue weighted by atomic mass is 35.5. The Morgan fingerprint density at radius 1 is 1.09 bits per heavy atom. The van der Waals surface area contributed by atoms with Crippen LogP contribution in [0.5, 0.6) is 5.75 Å². The number of hydrogen-bond donors (Lipinski definition) is 1. The molecule has 2 aromatic carbocycles. The van der Waals surface area contributed by atoms with E-state index < -0.39 is 27.9 Å². The normalized spacial score (nSPS) is 12.3. The lowest BCUT2D eigenvalue weighted by Gasteiger charge is -2.21. The maximum Gasteiger partial charge on any atom is 0.308 e. The van der Waals surface area contributed by atoms with Crippen molar-refractivity contribution < 1.29 is 27.5 Å². The number of benzene rings is 2. The molecule has 180 valence electrons. The van der Waals surface area contributed by atoms with Crippen molar-refractivity contribution in [1.82, 2.24) is 9.62 Å². The number of methoxy groups -OCH3 is 1. The Morgan fingerprint density at radius 3 is 2.39 bits per heavy atom. The van der Waals surface area contributed by atoms with Crippen LogP contribution in [0.15, 0.2) is 47.4 Å². The summed E-state index contributed by atoms with van der Waals surface area (Å²) >= 11 is 6.17. The number of rotatable bonds is 11. The zero-order valence-electron chi connectivity index (χ0n) is 19.1. The van der Waals surface area contributed by atoms with Crippen molar-refractivity contribution in [3.8, 4) is 5.75 Å². The van der Waals surface area contributed by atoms with Gasteiger partial charge >= 0.3 is 5.97 Å². The minimum absolute atomic E-state index is 0.0225. The summed E-state index contributed by atoms with van der Waals surface area (Å²) in [6.45, 7) is 5.88. The van der Waals surface area contributed by atoms with Crippen molar-refractivity contribution in [1.29, 1.82) is 0 Å². The van der Waals surface area contributed by atoms with Gasteiger partial charge < -0.3 is 14.8 Å². The molecule has 2 aromatic rings. The number of sulfonamides is 1. The molecule has 0 aromatic heterocycles. The van der Waals surface area contributed by atoms with Crippen molar-refractivity contribution in [3.05, 3.63) is 58.6 Å². The van der Waals surface area contributed by atoms with Gasteiger partial charge in [-0.3, -0.25) is 9.59 Å². The molecule has 0 aliphatic heterocycles. The van der Waals surface area contributed by atoms with Gasteiger partial charge in [0.15, 0.2) is 0 Å². The van der Waals surface area contributed by atoms with Crippen molar-refractivity contribution in [3.63, 3.8) is 0 Å². The Kier molecular flexibility index (Phi) is 9.70. The molecule has 0 spiro atoms. The third kappa shape index (κ3) is 6.69. The van der Waals surface area contributed by atoms with Crippen LogP contribution < -0.4 is 10.1 Å². The number of nitrogens with one attached hydrogen (secondary N) is 1. The lowest BCUT2D eigenvalue weighted by Crippen LogP contribution is -2.32. The second-order valence-electron chi connectivity index (χ2n) is 7.05. The molecule has 1 N–H and O–H groups in total. The molecule has 33 heavy (non-hydrogen) atoms. The van der Waals surface area contributed by atoms with Gasteiger partial charge in [0.1, 0.15) is 10.6 Å². The predicted octanol–water partition coefficient (Wildman–Crippen LogP) is 3.80. The molecule has 0 fully saturated rings. The van der Waals surface area contributed by atoms with E-state index in [0.29, 0.717) is 11.3 Å². The number of amides is 1. The largest absolute Gasteiger partial charge is 0.497 e.